The largest absolute Gasteiger partial charge is 0.327 e. The Morgan fingerprint density at radius 1 is 1.21 bits per heavy atom. The number of rotatable bonds is 5. The average Bonchev–Trinajstić information content (AvgIpc) is 2.43. The lowest BCUT2D eigenvalue weighted by Crippen LogP contribution is -2.21. The number of nitrogens with zero attached hydrogens (tertiary/aromatic N) is 3. The van der Waals surface area contributed by atoms with E-state index in [-0.39, 0.29) is 6.04 Å². The zero-order valence-corrected chi connectivity index (χ0v) is 12.2. The Kier molecular flexibility index (Phi) is 5.13. The first-order valence-electron chi connectivity index (χ1n) is 6.03. The SMILES string of the molecule is CCC(N)Cc1cnc(Sc2ccc(Cl)cn2)nc1. The minimum absolute atomic E-state index is 0.167. The lowest BCUT2D eigenvalue weighted by atomic mass is 10.1. The molecule has 0 saturated carbocycles. The van der Waals surface area contributed by atoms with Crippen LogP contribution in [-0.4, -0.2) is 21.0 Å². The van der Waals surface area contributed by atoms with Crippen molar-refractivity contribution in [1.82, 2.24) is 15.0 Å². The number of hydrogen-bond donors (Lipinski definition) is 1. The molecule has 19 heavy (non-hydrogen) atoms. The van der Waals surface area contributed by atoms with Gasteiger partial charge in [-0.05, 0) is 42.3 Å². The van der Waals surface area contributed by atoms with Crippen LogP contribution >= 0.6 is 23.4 Å². The molecule has 2 aromatic heterocycles. The number of pyridine rings is 1. The van der Waals surface area contributed by atoms with Crippen LogP contribution in [0.3, 0.4) is 0 Å². The Bertz CT molecular complexity index is 515. The van der Waals surface area contributed by atoms with Crippen LogP contribution in [0.2, 0.25) is 5.02 Å². The Morgan fingerprint density at radius 3 is 2.53 bits per heavy atom. The molecule has 1 atom stereocenters. The van der Waals surface area contributed by atoms with Crippen LogP contribution in [0.5, 0.6) is 0 Å². The van der Waals surface area contributed by atoms with Gasteiger partial charge in [-0.15, -0.1) is 0 Å². The van der Waals surface area contributed by atoms with Crippen molar-refractivity contribution in [3.05, 3.63) is 41.3 Å². The summed E-state index contributed by atoms with van der Waals surface area (Å²) in [5.74, 6) is 0. The second kappa shape index (κ2) is 6.84. The fourth-order valence-electron chi connectivity index (χ4n) is 1.46. The topological polar surface area (TPSA) is 64.7 Å². The molecule has 0 bridgehead atoms. The zero-order chi connectivity index (χ0) is 13.7. The highest BCUT2D eigenvalue weighted by atomic mass is 35.5. The molecule has 4 nitrogen and oxygen atoms in total. The third kappa shape index (κ3) is 4.45. The van der Waals surface area contributed by atoms with Crippen LogP contribution in [0.4, 0.5) is 0 Å². The molecule has 2 aromatic rings. The van der Waals surface area contributed by atoms with Crippen LogP contribution in [-0.2, 0) is 6.42 Å². The monoisotopic (exact) mass is 294 g/mol. The molecule has 0 amide bonds. The second-order valence-corrected chi connectivity index (χ2v) is 5.59. The van der Waals surface area contributed by atoms with Gasteiger partial charge in [0.15, 0.2) is 5.16 Å². The first-order valence-corrected chi connectivity index (χ1v) is 7.22. The third-order valence-electron chi connectivity index (χ3n) is 2.60. The van der Waals surface area contributed by atoms with Gasteiger partial charge in [0.05, 0.1) is 5.02 Å². The van der Waals surface area contributed by atoms with Crippen molar-refractivity contribution in [2.45, 2.75) is 36.0 Å². The van der Waals surface area contributed by atoms with E-state index in [2.05, 4.69) is 21.9 Å². The van der Waals surface area contributed by atoms with E-state index in [4.69, 9.17) is 17.3 Å². The second-order valence-electron chi connectivity index (χ2n) is 4.16. The molecule has 0 spiro atoms. The van der Waals surface area contributed by atoms with E-state index in [1.165, 1.54) is 11.8 Å². The average molecular weight is 295 g/mol. The van der Waals surface area contributed by atoms with Crippen molar-refractivity contribution in [1.29, 1.82) is 0 Å². The highest BCUT2D eigenvalue weighted by molar-refractivity contribution is 7.99. The normalized spacial score (nSPS) is 12.4. The fraction of sp³-hybridized carbons (Fsp3) is 0.308. The quantitative estimate of drug-likeness (QED) is 0.859. The molecule has 100 valence electrons. The molecule has 0 aromatic carbocycles. The van der Waals surface area contributed by atoms with Crippen LogP contribution in [0.1, 0.15) is 18.9 Å². The van der Waals surface area contributed by atoms with E-state index in [1.807, 2.05) is 18.5 Å². The Balaban J connectivity index is 2.00. The lowest BCUT2D eigenvalue weighted by molar-refractivity contribution is 0.641. The molecule has 0 aliphatic rings. The van der Waals surface area contributed by atoms with E-state index in [0.29, 0.717) is 10.2 Å². The summed E-state index contributed by atoms with van der Waals surface area (Å²) in [4.78, 5) is 12.8. The highest BCUT2D eigenvalue weighted by Crippen LogP contribution is 2.23. The van der Waals surface area contributed by atoms with E-state index in [1.54, 1.807) is 12.3 Å². The van der Waals surface area contributed by atoms with E-state index >= 15 is 0 Å². The number of halogens is 1. The van der Waals surface area contributed by atoms with Gasteiger partial charge in [-0.2, -0.15) is 0 Å². The maximum Gasteiger partial charge on any atom is 0.193 e. The van der Waals surface area contributed by atoms with Crippen molar-refractivity contribution in [2.24, 2.45) is 5.73 Å². The fourth-order valence-corrected chi connectivity index (χ4v) is 2.22. The molecule has 0 radical (unpaired) electrons. The first kappa shape index (κ1) is 14.2. The summed E-state index contributed by atoms with van der Waals surface area (Å²) in [6.45, 7) is 2.07. The Labute approximate surface area is 121 Å². The van der Waals surface area contributed by atoms with Gasteiger partial charge < -0.3 is 5.73 Å². The van der Waals surface area contributed by atoms with Crippen LogP contribution in [0.15, 0.2) is 40.9 Å². The van der Waals surface area contributed by atoms with Crippen molar-refractivity contribution in [3.63, 3.8) is 0 Å². The van der Waals surface area contributed by atoms with Gasteiger partial charge in [0.1, 0.15) is 5.03 Å². The molecular weight excluding hydrogens is 280 g/mol. The minimum Gasteiger partial charge on any atom is -0.327 e. The van der Waals surface area contributed by atoms with Gasteiger partial charge in [-0.3, -0.25) is 0 Å². The molecule has 2 N–H and O–H groups in total. The first-order chi connectivity index (χ1) is 9.17. The summed E-state index contributed by atoms with van der Waals surface area (Å²) in [5.41, 5.74) is 6.96. The molecule has 0 fully saturated rings. The number of hydrogen-bond acceptors (Lipinski definition) is 5. The summed E-state index contributed by atoms with van der Waals surface area (Å²) in [6, 6.07) is 3.81. The summed E-state index contributed by atoms with van der Waals surface area (Å²) in [5, 5.41) is 2.11. The summed E-state index contributed by atoms with van der Waals surface area (Å²) in [7, 11) is 0. The lowest BCUT2D eigenvalue weighted by Gasteiger charge is -2.07. The standard InChI is InChI=1S/C13H15ClN4S/c1-2-11(15)5-9-6-17-13(18-7-9)19-12-4-3-10(14)8-16-12/h3-4,6-8,11H,2,5,15H2,1H3. The molecule has 0 aliphatic carbocycles. The van der Waals surface area contributed by atoms with Crippen LogP contribution < -0.4 is 5.73 Å². The summed E-state index contributed by atoms with van der Waals surface area (Å²) < 4.78 is 0. The van der Waals surface area contributed by atoms with E-state index in [0.717, 1.165) is 23.4 Å². The van der Waals surface area contributed by atoms with Crippen molar-refractivity contribution < 1.29 is 0 Å². The van der Waals surface area contributed by atoms with E-state index in [9.17, 15) is 0 Å². The van der Waals surface area contributed by atoms with Gasteiger partial charge in [-0.25, -0.2) is 15.0 Å². The molecule has 0 saturated heterocycles. The highest BCUT2D eigenvalue weighted by Gasteiger charge is 2.05. The van der Waals surface area contributed by atoms with Gasteiger partial charge >= 0.3 is 0 Å². The Morgan fingerprint density at radius 2 is 1.95 bits per heavy atom. The van der Waals surface area contributed by atoms with Gasteiger partial charge in [0.25, 0.3) is 0 Å². The summed E-state index contributed by atoms with van der Waals surface area (Å²) in [6.07, 6.45) is 7.01. The van der Waals surface area contributed by atoms with Crippen LogP contribution in [0.25, 0.3) is 0 Å². The van der Waals surface area contributed by atoms with Crippen molar-refractivity contribution in [3.8, 4) is 0 Å². The van der Waals surface area contributed by atoms with Crippen molar-refractivity contribution >= 4 is 23.4 Å². The van der Waals surface area contributed by atoms with Gasteiger partial charge in [0.2, 0.25) is 0 Å². The van der Waals surface area contributed by atoms with Crippen LogP contribution in [0, 0.1) is 0 Å². The predicted molar refractivity (Wildman–Crippen MR) is 77.4 cm³/mol. The molecule has 0 aliphatic heterocycles. The molecular formula is C13H15ClN4S. The summed E-state index contributed by atoms with van der Waals surface area (Å²) >= 11 is 7.19. The smallest absolute Gasteiger partial charge is 0.193 e. The number of aromatic nitrogens is 3. The zero-order valence-electron chi connectivity index (χ0n) is 10.6. The Hall–Kier alpha value is -1.17. The maximum atomic E-state index is 5.90. The minimum atomic E-state index is 0.167. The molecule has 2 rings (SSSR count). The molecule has 6 heteroatoms. The van der Waals surface area contributed by atoms with Crippen molar-refractivity contribution in [2.75, 3.05) is 0 Å². The third-order valence-corrected chi connectivity index (χ3v) is 3.67. The van der Waals surface area contributed by atoms with E-state index < -0.39 is 0 Å². The molecule has 2 heterocycles. The molecule has 1 unspecified atom stereocenters. The maximum absolute atomic E-state index is 5.90. The van der Waals surface area contributed by atoms with Gasteiger partial charge in [0, 0.05) is 24.6 Å². The predicted octanol–water partition coefficient (Wildman–Crippen LogP) is 2.96. The van der Waals surface area contributed by atoms with Gasteiger partial charge in [-0.1, -0.05) is 18.5 Å². The number of nitrogens with two attached hydrogens (primary N) is 1.